The molecule has 6 heteroatoms. The maximum atomic E-state index is 11.7. The van der Waals surface area contributed by atoms with Crippen molar-refractivity contribution in [2.45, 2.75) is 13.0 Å². The number of rotatable bonds is 6. The third-order valence-corrected chi connectivity index (χ3v) is 3.05. The van der Waals surface area contributed by atoms with Crippen molar-refractivity contribution >= 4 is 23.3 Å². The number of methoxy groups -OCH3 is 1. The van der Waals surface area contributed by atoms with Crippen molar-refractivity contribution in [2.24, 2.45) is 0 Å². The molecule has 5 nitrogen and oxygen atoms in total. The molecule has 100 valence electrons. The Bertz CT molecular complexity index is 417. The van der Waals surface area contributed by atoms with Gasteiger partial charge in [0.2, 0.25) is 5.91 Å². The average Bonchev–Trinajstić information content (AvgIpc) is 2.72. The Morgan fingerprint density at radius 3 is 3.00 bits per heavy atom. The predicted octanol–water partition coefficient (Wildman–Crippen LogP) is 0.930. The summed E-state index contributed by atoms with van der Waals surface area (Å²) in [7, 11) is 3.15. The van der Waals surface area contributed by atoms with Crippen molar-refractivity contribution in [3.8, 4) is 0 Å². The Labute approximate surface area is 111 Å². The monoisotopic (exact) mass is 270 g/mol. The van der Waals surface area contributed by atoms with Crippen LogP contribution in [0.4, 0.5) is 0 Å². The highest BCUT2D eigenvalue weighted by molar-refractivity contribution is 7.09. The molecule has 1 unspecified atom stereocenters. The first kappa shape index (κ1) is 14.8. The van der Waals surface area contributed by atoms with Crippen molar-refractivity contribution in [3.05, 3.63) is 22.2 Å². The third kappa shape index (κ3) is 4.95. The summed E-state index contributed by atoms with van der Waals surface area (Å²) >= 11 is 1.54. The van der Waals surface area contributed by atoms with Gasteiger partial charge in [-0.05, 0) is 13.0 Å². The van der Waals surface area contributed by atoms with Crippen molar-refractivity contribution in [2.75, 3.05) is 27.3 Å². The number of carbonyl (C=O) groups is 1. The van der Waals surface area contributed by atoms with E-state index in [9.17, 15) is 9.90 Å². The standard InChI is InChI=1S/C12H18N2O3S/c1-9-13-10(8-18-9)4-5-12(16)14(2)6-11(15)7-17-3/h4-5,8,11,15H,6-7H2,1-3H3. The number of aryl methyl sites for hydroxylation is 1. The van der Waals surface area contributed by atoms with Crippen molar-refractivity contribution in [1.82, 2.24) is 9.88 Å². The fraction of sp³-hybridized carbons (Fsp3) is 0.500. The smallest absolute Gasteiger partial charge is 0.246 e. The molecule has 1 rings (SSSR count). The minimum atomic E-state index is -0.668. The lowest BCUT2D eigenvalue weighted by Gasteiger charge is -2.18. The first-order chi connectivity index (χ1) is 8.52. The maximum Gasteiger partial charge on any atom is 0.246 e. The van der Waals surface area contributed by atoms with Crippen LogP contribution in [-0.4, -0.2) is 54.3 Å². The van der Waals surface area contributed by atoms with E-state index in [2.05, 4.69) is 4.98 Å². The lowest BCUT2D eigenvalue weighted by atomic mass is 10.3. The Hall–Kier alpha value is -1.24. The van der Waals surface area contributed by atoms with Gasteiger partial charge < -0.3 is 14.7 Å². The van der Waals surface area contributed by atoms with E-state index in [4.69, 9.17) is 4.74 Å². The molecule has 1 aromatic rings. The van der Waals surface area contributed by atoms with Gasteiger partial charge in [-0.2, -0.15) is 0 Å². The minimum absolute atomic E-state index is 0.171. The summed E-state index contributed by atoms with van der Waals surface area (Å²) in [4.78, 5) is 17.4. The SMILES string of the molecule is COCC(O)CN(C)C(=O)C=Cc1csc(C)n1. The fourth-order valence-corrected chi connectivity index (χ4v) is 1.97. The fourth-order valence-electron chi connectivity index (χ4n) is 1.39. The van der Waals surface area contributed by atoms with Crippen LogP contribution >= 0.6 is 11.3 Å². The highest BCUT2D eigenvalue weighted by Gasteiger charge is 2.11. The quantitative estimate of drug-likeness (QED) is 0.781. The first-order valence-electron chi connectivity index (χ1n) is 5.55. The van der Waals surface area contributed by atoms with Gasteiger partial charge in [-0.1, -0.05) is 0 Å². The van der Waals surface area contributed by atoms with Gasteiger partial charge in [0, 0.05) is 32.2 Å². The molecule has 0 aromatic carbocycles. The van der Waals surface area contributed by atoms with E-state index >= 15 is 0 Å². The van der Waals surface area contributed by atoms with Crippen molar-refractivity contribution in [1.29, 1.82) is 0 Å². The number of amides is 1. The topological polar surface area (TPSA) is 62.7 Å². The molecule has 1 heterocycles. The van der Waals surface area contributed by atoms with Crippen molar-refractivity contribution in [3.63, 3.8) is 0 Å². The summed E-state index contributed by atoms with van der Waals surface area (Å²) in [6.45, 7) is 2.37. The van der Waals surface area contributed by atoms with E-state index in [1.165, 1.54) is 29.4 Å². The maximum absolute atomic E-state index is 11.7. The van der Waals surface area contributed by atoms with E-state index in [-0.39, 0.29) is 19.1 Å². The second kappa shape index (κ2) is 7.25. The van der Waals surface area contributed by atoms with E-state index in [1.54, 1.807) is 13.1 Å². The highest BCUT2D eigenvalue weighted by atomic mass is 32.1. The molecule has 1 atom stereocenters. The number of thiazole rings is 1. The van der Waals surface area contributed by atoms with Crippen LogP contribution in [0.25, 0.3) is 6.08 Å². The molecule has 1 amide bonds. The molecule has 0 fully saturated rings. The van der Waals surface area contributed by atoms with Crippen LogP contribution < -0.4 is 0 Å². The van der Waals surface area contributed by atoms with E-state index < -0.39 is 6.10 Å². The van der Waals surface area contributed by atoms with Crippen LogP contribution in [0.15, 0.2) is 11.5 Å². The number of ether oxygens (including phenoxy) is 1. The molecular weight excluding hydrogens is 252 g/mol. The van der Waals surface area contributed by atoms with Crippen LogP contribution in [0.5, 0.6) is 0 Å². The molecule has 0 aliphatic rings. The van der Waals surface area contributed by atoms with E-state index in [0.29, 0.717) is 0 Å². The lowest BCUT2D eigenvalue weighted by molar-refractivity contribution is -0.126. The molecule has 0 saturated carbocycles. The summed E-state index contributed by atoms with van der Waals surface area (Å²) in [5, 5.41) is 12.4. The zero-order valence-electron chi connectivity index (χ0n) is 10.8. The van der Waals surface area contributed by atoms with Crippen molar-refractivity contribution < 1.29 is 14.6 Å². The second-order valence-corrected chi connectivity index (χ2v) is 5.01. The van der Waals surface area contributed by atoms with Crippen LogP contribution in [0.1, 0.15) is 10.7 Å². The molecule has 0 aliphatic carbocycles. The van der Waals surface area contributed by atoms with Gasteiger partial charge in [0.1, 0.15) is 0 Å². The average molecular weight is 270 g/mol. The number of aliphatic hydroxyl groups is 1. The largest absolute Gasteiger partial charge is 0.389 e. The van der Waals surface area contributed by atoms with Crippen LogP contribution in [0.3, 0.4) is 0 Å². The number of hydrogen-bond donors (Lipinski definition) is 1. The molecule has 18 heavy (non-hydrogen) atoms. The number of aromatic nitrogens is 1. The van der Waals surface area contributed by atoms with Crippen LogP contribution in [-0.2, 0) is 9.53 Å². The second-order valence-electron chi connectivity index (χ2n) is 3.95. The number of aliphatic hydroxyl groups excluding tert-OH is 1. The Morgan fingerprint density at radius 2 is 2.44 bits per heavy atom. The minimum Gasteiger partial charge on any atom is -0.389 e. The molecule has 0 aliphatic heterocycles. The summed E-state index contributed by atoms with van der Waals surface area (Å²) in [5.74, 6) is -0.171. The Morgan fingerprint density at radius 1 is 1.72 bits per heavy atom. The zero-order chi connectivity index (χ0) is 13.5. The normalized spacial score (nSPS) is 12.9. The molecule has 0 radical (unpaired) electrons. The first-order valence-corrected chi connectivity index (χ1v) is 6.43. The highest BCUT2D eigenvalue weighted by Crippen LogP contribution is 2.09. The lowest BCUT2D eigenvalue weighted by Crippen LogP contribution is -2.35. The summed E-state index contributed by atoms with van der Waals surface area (Å²) < 4.78 is 4.80. The van der Waals surface area contributed by atoms with Crippen LogP contribution in [0, 0.1) is 6.92 Å². The predicted molar refractivity (Wildman–Crippen MR) is 71.4 cm³/mol. The van der Waals surface area contributed by atoms with E-state index in [1.807, 2.05) is 12.3 Å². The van der Waals surface area contributed by atoms with Gasteiger partial charge in [-0.25, -0.2) is 4.98 Å². The third-order valence-electron chi connectivity index (χ3n) is 2.25. The number of hydrogen-bond acceptors (Lipinski definition) is 5. The Kier molecular flexibility index (Phi) is 5.97. The molecule has 1 N–H and O–H groups in total. The Balaban J connectivity index is 2.46. The summed E-state index contributed by atoms with van der Waals surface area (Å²) in [6.07, 6.45) is 2.46. The summed E-state index contributed by atoms with van der Waals surface area (Å²) in [6, 6.07) is 0. The van der Waals surface area contributed by atoms with Crippen LogP contribution in [0.2, 0.25) is 0 Å². The van der Waals surface area contributed by atoms with Gasteiger partial charge in [-0.3, -0.25) is 4.79 Å². The molecule has 0 bridgehead atoms. The number of nitrogens with zero attached hydrogens (tertiary/aromatic N) is 2. The molecular formula is C12H18N2O3S. The zero-order valence-corrected chi connectivity index (χ0v) is 11.6. The summed E-state index contributed by atoms with van der Waals surface area (Å²) in [5.41, 5.74) is 0.775. The molecule has 0 saturated heterocycles. The molecule has 0 spiro atoms. The van der Waals surface area contributed by atoms with Gasteiger partial charge in [0.15, 0.2) is 0 Å². The molecule has 1 aromatic heterocycles. The van der Waals surface area contributed by atoms with E-state index in [0.717, 1.165) is 10.7 Å². The number of carbonyl (C=O) groups excluding carboxylic acids is 1. The van der Waals surface area contributed by atoms with Gasteiger partial charge in [-0.15, -0.1) is 11.3 Å². The van der Waals surface area contributed by atoms with Gasteiger partial charge >= 0.3 is 0 Å². The number of likely N-dealkylation sites (N-methyl/N-ethyl adjacent to an activating group) is 1. The van der Waals surface area contributed by atoms with Gasteiger partial charge in [0.05, 0.1) is 23.4 Å². The van der Waals surface area contributed by atoms with Gasteiger partial charge in [0.25, 0.3) is 0 Å².